The Labute approximate surface area is 303 Å². The van der Waals surface area contributed by atoms with Gasteiger partial charge in [-0.3, -0.25) is 4.79 Å². The number of hydrogen-bond acceptors (Lipinski definition) is 10. The molecule has 0 fully saturated rings. The number of carbonyl (C=O) groups excluding carboxylic acids is 3. The Balaban J connectivity index is 0. The zero-order valence-electron chi connectivity index (χ0n) is 27.9. The van der Waals surface area contributed by atoms with Crippen LogP contribution < -0.4 is 70.3 Å². The Hall–Kier alpha value is -2.55. The number of carbonyl (C=O) groups is 3. The number of amides is 2. The van der Waals surface area contributed by atoms with E-state index in [1.165, 1.54) is 4.90 Å². The second-order valence-corrected chi connectivity index (χ2v) is 11.0. The fraction of sp³-hybridized carbons (Fsp3) is 0.516. The summed E-state index contributed by atoms with van der Waals surface area (Å²) >= 11 is 0. The molecule has 0 unspecified atom stereocenters. The quantitative estimate of drug-likeness (QED) is 0.263. The van der Waals surface area contributed by atoms with Gasteiger partial charge in [-0.2, -0.15) is 0 Å². The van der Waals surface area contributed by atoms with Gasteiger partial charge in [0.2, 0.25) is 6.09 Å². The standard InChI is InChI=1S/C17H25NO5.C14H21NO4.K.H2O/c1-17(2,3)23-16(20)18(9-6-10-19)12-13-7-8-14(21-4)11-15(13)22-5;1-14(2,3)19-13(16)15-9-10-6-7-11(17-4)8-12(10)18-5;;/h7-8,10-11H,6,9,12H2,1-5H3;6-8H,9H2,1-5H3,(H,15,16);;1H2/q;;+1;/p-2. The van der Waals surface area contributed by atoms with Crippen LogP contribution in [0.1, 0.15) is 59.1 Å². The molecule has 0 heterocycles. The van der Waals surface area contributed by atoms with Gasteiger partial charge in [0.1, 0.15) is 40.5 Å². The molecule has 242 valence electrons. The molecule has 1 N–H and O–H groups in total. The van der Waals surface area contributed by atoms with Gasteiger partial charge < -0.3 is 48.9 Å². The minimum atomic E-state index is -0.597. The van der Waals surface area contributed by atoms with Gasteiger partial charge in [0.15, 0.2) is 0 Å². The second-order valence-electron chi connectivity index (χ2n) is 11.0. The summed E-state index contributed by atoms with van der Waals surface area (Å²) in [6, 6.07) is 10.7. The van der Waals surface area contributed by atoms with Gasteiger partial charge in [-0.25, -0.2) is 4.79 Å². The summed E-state index contributed by atoms with van der Waals surface area (Å²) in [7, 11) is 6.28. The number of nitrogens with zero attached hydrogens (tertiary/aromatic N) is 2. The Morgan fingerprint density at radius 2 is 1.25 bits per heavy atom. The van der Waals surface area contributed by atoms with Gasteiger partial charge >= 0.3 is 57.5 Å². The van der Waals surface area contributed by atoms with Gasteiger partial charge in [-0.15, -0.1) is 0 Å². The maximum Gasteiger partial charge on any atom is 1.00 e. The van der Waals surface area contributed by atoms with Gasteiger partial charge in [-0.05, 0) is 65.3 Å². The SMILES string of the molecule is COc1ccc(CN(CCC=O)C(=O)OC(C)(C)C)c(OC)c1.COc1ccc(C[N-]C(=O)OC(C)(C)C)c(OC)c1.[K+].[OH-]. The molecule has 2 aromatic carbocycles. The van der Waals surface area contributed by atoms with Crippen molar-refractivity contribution in [3.8, 4) is 23.0 Å². The zero-order valence-corrected chi connectivity index (χ0v) is 31.0. The van der Waals surface area contributed by atoms with Crippen LogP contribution in [-0.4, -0.2) is 75.0 Å². The molecule has 12 nitrogen and oxygen atoms in total. The Morgan fingerprint density at radius 3 is 1.68 bits per heavy atom. The molecule has 13 heteroatoms. The Bertz CT molecular complexity index is 1160. The summed E-state index contributed by atoms with van der Waals surface area (Å²) in [6.07, 6.45) is -0.0112. The molecule has 0 saturated carbocycles. The molecule has 44 heavy (non-hydrogen) atoms. The Morgan fingerprint density at radius 1 is 0.773 bits per heavy atom. The van der Waals surface area contributed by atoms with Crippen molar-refractivity contribution in [2.24, 2.45) is 0 Å². The van der Waals surface area contributed by atoms with Crippen LogP contribution in [0, 0.1) is 0 Å². The predicted octanol–water partition coefficient (Wildman–Crippen LogP) is 3.37. The first kappa shape index (κ1) is 43.6. The number of rotatable bonds is 11. The molecule has 0 aliphatic carbocycles. The van der Waals surface area contributed by atoms with Crippen LogP contribution >= 0.6 is 0 Å². The van der Waals surface area contributed by atoms with Crippen LogP contribution in [0.25, 0.3) is 5.32 Å². The second kappa shape index (κ2) is 21.2. The van der Waals surface area contributed by atoms with E-state index in [1.54, 1.807) is 94.2 Å². The smallest absolute Gasteiger partial charge is 0.870 e. The fourth-order valence-corrected chi connectivity index (χ4v) is 3.38. The van der Waals surface area contributed by atoms with Crippen LogP contribution in [0.2, 0.25) is 0 Å². The zero-order chi connectivity index (χ0) is 31.9. The summed E-state index contributed by atoms with van der Waals surface area (Å²) in [6.45, 7) is 11.6. The molecular formula is C31H46KN2O10-. The van der Waals surface area contributed by atoms with E-state index in [-0.39, 0.29) is 82.9 Å². The molecule has 0 saturated heterocycles. The first-order chi connectivity index (χ1) is 19.7. The first-order valence-electron chi connectivity index (χ1n) is 13.4. The topological polar surface area (TPSA) is 154 Å². The van der Waals surface area contributed by atoms with Crippen LogP contribution in [-0.2, 0) is 27.4 Å². The largest absolute Gasteiger partial charge is 1.00 e. The molecule has 0 aliphatic rings. The third kappa shape index (κ3) is 17.1. The van der Waals surface area contributed by atoms with E-state index < -0.39 is 23.4 Å². The summed E-state index contributed by atoms with van der Waals surface area (Å²) in [5.74, 6) is 2.61. The van der Waals surface area contributed by atoms with E-state index in [4.69, 9.17) is 28.4 Å². The van der Waals surface area contributed by atoms with E-state index in [0.29, 0.717) is 23.0 Å². The van der Waals surface area contributed by atoms with E-state index in [0.717, 1.165) is 17.4 Å². The predicted molar refractivity (Wildman–Crippen MR) is 162 cm³/mol. The van der Waals surface area contributed by atoms with Crippen LogP contribution in [0.5, 0.6) is 23.0 Å². The summed E-state index contributed by atoms with van der Waals surface area (Å²) < 4.78 is 31.3. The van der Waals surface area contributed by atoms with Crippen molar-refractivity contribution in [2.75, 3.05) is 35.0 Å². The molecule has 0 aromatic heterocycles. The van der Waals surface area contributed by atoms with Gasteiger partial charge in [0.05, 0.1) is 35.0 Å². The third-order valence-corrected chi connectivity index (χ3v) is 5.29. The minimum Gasteiger partial charge on any atom is -0.870 e. The number of ether oxygens (including phenoxy) is 6. The number of aldehydes is 1. The van der Waals surface area contributed by atoms with Crippen molar-refractivity contribution in [1.82, 2.24) is 4.90 Å². The van der Waals surface area contributed by atoms with Crippen LogP contribution in [0.3, 0.4) is 0 Å². The van der Waals surface area contributed by atoms with E-state index in [9.17, 15) is 14.4 Å². The summed E-state index contributed by atoms with van der Waals surface area (Å²) in [4.78, 5) is 36.0. The maximum atomic E-state index is 12.3. The Kier molecular flexibility index (Phi) is 21.0. The number of methoxy groups -OCH3 is 4. The summed E-state index contributed by atoms with van der Waals surface area (Å²) in [5.41, 5.74) is 0.477. The van der Waals surface area contributed by atoms with Gasteiger partial charge in [0, 0.05) is 30.7 Å². The minimum absolute atomic E-state index is 0. The monoisotopic (exact) mass is 645 g/mol. The van der Waals surface area contributed by atoms with E-state index in [1.807, 2.05) is 12.1 Å². The average Bonchev–Trinajstić information content (AvgIpc) is 2.92. The maximum absolute atomic E-state index is 12.3. The van der Waals surface area contributed by atoms with Crippen molar-refractivity contribution in [1.29, 1.82) is 0 Å². The van der Waals surface area contributed by atoms with Crippen molar-refractivity contribution in [3.05, 3.63) is 52.8 Å². The molecule has 0 aliphatic heterocycles. The molecule has 0 atom stereocenters. The fourth-order valence-electron chi connectivity index (χ4n) is 3.38. The molecule has 2 rings (SSSR count). The molecule has 0 spiro atoms. The average molecular weight is 646 g/mol. The van der Waals surface area contributed by atoms with Gasteiger partial charge in [-0.1, -0.05) is 12.6 Å². The van der Waals surface area contributed by atoms with Crippen molar-refractivity contribution >= 4 is 18.5 Å². The molecular weight excluding hydrogens is 599 g/mol. The number of hydrogen-bond donors (Lipinski definition) is 0. The van der Waals surface area contributed by atoms with Crippen molar-refractivity contribution in [2.45, 2.75) is 72.3 Å². The van der Waals surface area contributed by atoms with Crippen molar-refractivity contribution < 1.29 is 99.7 Å². The third-order valence-electron chi connectivity index (χ3n) is 5.29. The summed E-state index contributed by atoms with van der Waals surface area (Å²) in [5, 5.41) is 3.86. The molecule has 2 amide bonds. The molecule has 0 radical (unpaired) electrons. The normalized spacial score (nSPS) is 10.3. The number of benzene rings is 2. The van der Waals surface area contributed by atoms with E-state index >= 15 is 0 Å². The van der Waals surface area contributed by atoms with E-state index in [2.05, 4.69) is 5.32 Å². The molecule has 0 bridgehead atoms. The van der Waals surface area contributed by atoms with Crippen LogP contribution in [0.15, 0.2) is 36.4 Å². The van der Waals surface area contributed by atoms with Gasteiger partial charge in [0.25, 0.3) is 0 Å². The first-order valence-corrected chi connectivity index (χ1v) is 13.4. The molecule has 2 aromatic rings. The van der Waals surface area contributed by atoms with Crippen LogP contribution in [0.4, 0.5) is 9.59 Å². The van der Waals surface area contributed by atoms with Crippen molar-refractivity contribution in [3.63, 3.8) is 0 Å².